The van der Waals surface area contributed by atoms with E-state index in [2.05, 4.69) is 31.5 Å². The maximum absolute atomic E-state index is 11.1. The van der Waals surface area contributed by atoms with Crippen molar-refractivity contribution in [1.82, 2.24) is 10.3 Å². The van der Waals surface area contributed by atoms with Gasteiger partial charge in [0.15, 0.2) is 0 Å². The van der Waals surface area contributed by atoms with Crippen LogP contribution in [0.2, 0.25) is 0 Å². The summed E-state index contributed by atoms with van der Waals surface area (Å²) in [5.41, 5.74) is 0. The molecule has 1 heterocycles. The van der Waals surface area contributed by atoms with Crippen molar-refractivity contribution >= 4 is 27.8 Å². The van der Waals surface area contributed by atoms with Crippen LogP contribution in [0, 0.1) is 11.3 Å². The number of nitrogens with one attached hydrogen (secondary N) is 2. The quantitative estimate of drug-likeness (QED) is 0.786. The first-order chi connectivity index (χ1) is 6.72. The molecule has 0 fully saturated rings. The Labute approximate surface area is 89.3 Å². The van der Waals surface area contributed by atoms with E-state index < -0.39 is 6.03 Å². The van der Waals surface area contributed by atoms with E-state index in [1.165, 1.54) is 0 Å². The number of halogens is 1. The van der Waals surface area contributed by atoms with Crippen LogP contribution in [-0.4, -0.2) is 17.6 Å². The summed E-state index contributed by atoms with van der Waals surface area (Å²) in [6, 6.07) is 4.75. The summed E-state index contributed by atoms with van der Waals surface area (Å²) in [7, 11) is 0. The van der Waals surface area contributed by atoms with E-state index in [4.69, 9.17) is 5.26 Å². The maximum Gasteiger partial charge on any atom is 0.321 e. The molecule has 5 nitrogen and oxygen atoms in total. The van der Waals surface area contributed by atoms with Crippen LogP contribution in [0.15, 0.2) is 22.8 Å². The summed E-state index contributed by atoms with van der Waals surface area (Å²) in [5, 5.41) is 13.0. The molecule has 0 unspecified atom stereocenters. The van der Waals surface area contributed by atoms with E-state index in [1.807, 2.05) is 0 Å². The number of amides is 2. The second kappa shape index (κ2) is 5.19. The van der Waals surface area contributed by atoms with Crippen molar-refractivity contribution in [2.75, 3.05) is 11.9 Å². The van der Waals surface area contributed by atoms with Gasteiger partial charge in [0.1, 0.15) is 12.4 Å². The molecule has 0 bridgehead atoms. The topological polar surface area (TPSA) is 77.8 Å². The average Bonchev–Trinajstić information content (AvgIpc) is 2.15. The molecule has 0 aliphatic rings. The number of anilines is 1. The van der Waals surface area contributed by atoms with Gasteiger partial charge in [-0.1, -0.05) is 15.9 Å². The fourth-order valence-corrected chi connectivity index (χ4v) is 1.09. The normalized spacial score (nSPS) is 8.86. The van der Waals surface area contributed by atoms with Gasteiger partial charge in [0.2, 0.25) is 0 Å². The van der Waals surface area contributed by atoms with Crippen LogP contribution in [0.3, 0.4) is 0 Å². The predicted octanol–water partition coefficient (Wildman–Crippen LogP) is 1.49. The van der Waals surface area contributed by atoms with Crippen molar-refractivity contribution in [1.29, 1.82) is 5.26 Å². The minimum atomic E-state index is -0.447. The zero-order chi connectivity index (χ0) is 10.4. The van der Waals surface area contributed by atoms with Gasteiger partial charge in [0.05, 0.1) is 6.07 Å². The number of nitriles is 1. The molecule has 0 saturated carbocycles. The first-order valence-electron chi connectivity index (χ1n) is 3.75. The van der Waals surface area contributed by atoms with Crippen molar-refractivity contribution in [3.63, 3.8) is 0 Å². The summed E-state index contributed by atoms with van der Waals surface area (Å²) < 4.78 is 0.822. The fourth-order valence-electron chi connectivity index (χ4n) is 0.753. The number of pyridine rings is 1. The van der Waals surface area contributed by atoms with Gasteiger partial charge >= 0.3 is 6.03 Å². The lowest BCUT2D eigenvalue weighted by molar-refractivity contribution is 0.253. The first kappa shape index (κ1) is 10.5. The highest BCUT2D eigenvalue weighted by Gasteiger charge is 2.00. The zero-order valence-electron chi connectivity index (χ0n) is 7.12. The lowest BCUT2D eigenvalue weighted by atomic mass is 10.5. The summed E-state index contributed by atoms with van der Waals surface area (Å²) in [5.74, 6) is 0.426. The predicted molar refractivity (Wildman–Crippen MR) is 54.6 cm³/mol. The molecule has 0 atom stereocenters. The van der Waals surface area contributed by atoms with Crippen LogP contribution in [0.1, 0.15) is 0 Å². The minimum Gasteiger partial charge on any atom is -0.325 e. The molecule has 1 aromatic heterocycles. The van der Waals surface area contributed by atoms with Crippen LogP contribution in [0.4, 0.5) is 10.6 Å². The lowest BCUT2D eigenvalue weighted by Crippen LogP contribution is -2.29. The van der Waals surface area contributed by atoms with Crippen molar-refractivity contribution in [3.8, 4) is 6.07 Å². The van der Waals surface area contributed by atoms with Crippen molar-refractivity contribution in [3.05, 3.63) is 22.8 Å². The van der Waals surface area contributed by atoms with Crippen LogP contribution in [-0.2, 0) is 0 Å². The molecular weight excluding hydrogens is 248 g/mol. The molecule has 72 valence electrons. The van der Waals surface area contributed by atoms with Gasteiger partial charge in [-0.2, -0.15) is 5.26 Å². The number of rotatable bonds is 2. The molecule has 0 radical (unpaired) electrons. The van der Waals surface area contributed by atoms with E-state index >= 15 is 0 Å². The number of aromatic nitrogens is 1. The molecule has 14 heavy (non-hydrogen) atoms. The number of urea groups is 1. The highest BCUT2D eigenvalue weighted by Crippen LogP contribution is 2.12. The zero-order valence-corrected chi connectivity index (χ0v) is 8.71. The Morgan fingerprint density at radius 3 is 3.14 bits per heavy atom. The van der Waals surface area contributed by atoms with Gasteiger partial charge < -0.3 is 5.32 Å². The maximum atomic E-state index is 11.1. The van der Waals surface area contributed by atoms with Gasteiger partial charge in [-0.05, 0) is 12.1 Å². The second-order valence-corrected chi connectivity index (χ2v) is 3.24. The molecule has 0 aromatic carbocycles. The Morgan fingerprint density at radius 1 is 1.71 bits per heavy atom. The average molecular weight is 255 g/mol. The summed E-state index contributed by atoms with van der Waals surface area (Å²) >= 11 is 3.24. The van der Waals surface area contributed by atoms with Crippen molar-refractivity contribution in [2.45, 2.75) is 0 Å². The molecule has 0 spiro atoms. The Kier molecular flexibility index (Phi) is 3.88. The van der Waals surface area contributed by atoms with Crippen molar-refractivity contribution in [2.24, 2.45) is 0 Å². The minimum absolute atomic E-state index is 0.0279. The lowest BCUT2D eigenvalue weighted by Gasteiger charge is -2.03. The monoisotopic (exact) mass is 254 g/mol. The Bertz CT molecular complexity index is 374. The van der Waals surface area contributed by atoms with Gasteiger partial charge in [0.25, 0.3) is 0 Å². The molecule has 1 rings (SSSR count). The largest absolute Gasteiger partial charge is 0.325 e. The van der Waals surface area contributed by atoms with Gasteiger partial charge in [-0.15, -0.1) is 0 Å². The summed E-state index contributed by atoms with van der Waals surface area (Å²) in [6.45, 7) is -0.0279. The SMILES string of the molecule is N#CCNC(=O)Nc1cc(Br)ccn1. The Morgan fingerprint density at radius 2 is 2.50 bits per heavy atom. The molecule has 0 aliphatic carbocycles. The standard InChI is InChI=1S/C8H7BrN4O/c9-6-1-3-11-7(5-6)13-8(14)12-4-2-10/h1,3,5H,4H2,(H2,11,12,13,14). The number of hydrogen-bond acceptors (Lipinski definition) is 3. The van der Waals surface area contributed by atoms with Gasteiger partial charge in [0, 0.05) is 10.7 Å². The molecule has 6 heteroatoms. The molecule has 2 amide bonds. The number of nitrogens with zero attached hydrogens (tertiary/aromatic N) is 2. The molecule has 1 aromatic rings. The smallest absolute Gasteiger partial charge is 0.321 e. The Hall–Kier alpha value is -1.61. The summed E-state index contributed by atoms with van der Waals surface area (Å²) in [4.78, 5) is 15.0. The van der Waals surface area contributed by atoms with E-state index in [0.29, 0.717) is 5.82 Å². The number of carbonyl (C=O) groups is 1. The van der Waals surface area contributed by atoms with E-state index in [0.717, 1.165) is 4.47 Å². The van der Waals surface area contributed by atoms with Crippen LogP contribution < -0.4 is 10.6 Å². The van der Waals surface area contributed by atoms with E-state index in [9.17, 15) is 4.79 Å². The molecule has 2 N–H and O–H groups in total. The first-order valence-corrected chi connectivity index (χ1v) is 4.55. The summed E-state index contributed by atoms with van der Waals surface area (Å²) in [6.07, 6.45) is 1.56. The molecular formula is C8H7BrN4O. The highest BCUT2D eigenvalue weighted by atomic mass is 79.9. The third kappa shape index (κ3) is 3.41. The Balaban J connectivity index is 2.53. The molecule has 0 saturated heterocycles. The van der Waals surface area contributed by atoms with Crippen LogP contribution in [0.5, 0.6) is 0 Å². The van der Waals surface area contributed by atoms with Crippen LogP contribution in [0.25, 0.3) is 0 Å². The van der Waals surface area contributed by atoms with Gasteiger partial charge in [-0.25, -0.2) is 9.78 Å². The van der Waals surface area contributed by atoms with Gasteiger partial charge in [-0.3, -0.25) is 5.32 Å². The molecule has 0 aliphatic heterocycles. The van der Waals surface area contributed by atoms with E-state index in [-0.39, 0.29) is 6.54 Å². The third-order valence-corrected chi connectivity index (χ3v) is 1.78. The van der Waals surface area contributed by atoms with Crippen molar-refractivity contribution < 1.29 is 4.79 Å². The van der Waals surface area contributed by atoms with E-state index in [1.54, 1.807) is 24.4 Å². The number of carbonyl (C=O) groups excluding carboxylic acids is 1. The number of hydrogen-bond donors (Lipinski definition) is 2. The second-order valence-electron chi connectivity index (χ2n) is 2.33. The third-order valence-electron chi connectivity index (χ3n) is 1.29. The van der Waals surface area contributed by atoms with Crippen LogP contribution >= 0.6 is 15.9 Å². The highest BCUT2D eigenvalue weighted by molar-refractivity contribution is 9.10. The fraction of sp³-hybridized carbons (Fsp3) is 0.125.